The van der Waals surface area contributed by atoms with Crippen molar-refractivity contribution in [3.8, 4) is 0 Å². The van der Waals surface area contributed by atoms with Gasteiger partial charge in [-0.15, -0.1) is 0 Å². The molecule has 0 aromatic carbocycles. The van der Waals surface area contributed by atoms with Crippen molar-refractivity contribution in [3.05, 3.63) is 39.3 Å². The summed E-state index contributed by atoms with van der Waals surface area (Å²) >= 11 is 5.01. The molecule has 0 amide bonds. The van der Waals surface area contributed by atoms with Crippen molar-refractivity contribution in [2.45, 2.75) is 19.9 Å². The second kappa shape index (κ2) is 4.81. The molecule has 100 valence electrons. The highest BCUT2D eigenvalue weighted by Gasteiger charge is 2.31. The predicted molar refractivity (Wildman–Crippen MR) is 70.4 cm³/mol. The number of nitrogens with one attached hydrogen (secondary N) is 2. The lowest BCUT2D eigenvalue weighted by atomic mass is 9.98. The van der Waals surface area contributed by atoms with Gasteiger partial charge < -0.3 is 15.1 Å². The van der Waals surface area contributed by atoms with E-state index in [9.17, 15) is 14.9 Å². The van der Waals surface area contributed by atoms with Crippen LogP contribution in [0.2, 0.25) is 0 Å². The topological polar surface area (TPSA) is 97.4 Å². The Hall–Kier alpha value is -2.22. The largest absolute Gasteiger partial charge is 0.433 e. The Kier molecular flexibility index (Phi) is 3.34. The summed E-state index contributed by atoms with van der Waals surface area (Å²) in [5, 5.41) is 16.7. The standard InChI is InChI=1S/C11H11N3O4S/c1-5-9(6(2)15)10(13-11(19)12-5)7-3-4-8(18-7)14(16)17/h3-4,10H,1-2H3,(H2,12,13,19). The van der Waals surface area contributed by atoms with Crippen molar-refractivity contribution in [1.82, 2.24) is 10.6 Å². The van der Waals surface area contributed by atoms with Crippen molar-refractivity contribution < 1.29 is 14.1 Å². The average molecular weight is 281 g/mol. The van der Waals surface area contributed by atoms with Crippen molar-refractivity contribution >= 4 is 29.0 Å². The summed E-state index contributed by atoms with van der Waals surface area (Å²) in [5.41, 5.74) is 1.05. The lowest BCUT2D eigenvalue weighted by Gasteiger charge is -2.27. The van der Waals surface area contributed by atoms with Crippen LogP contribution >= 0.6 is 12.2 Å². The number of ketones is 1. The van der Waals surface area contributed by atoms with E-state index in [4.69, 9.17) is 16.6 Å². The predicted octanol–water partition coefficient (Wildman–Crippen LogP) is 1.57. The normalized spacial score (nSPS) is 18.8. The molecule has 1 aliphatic heterocycles. The number of carbonyl (C=O) groups excluding carboxylic acids is 1. The second-order valence-electron chi connectivity index (χ2n) is 4.06. The molecule has 7 nitrogen and oxygen atoms in total. The minimum Gasteiger partial charge on any atom is -0.403 e. The van der Waals surface area contributed by atoms with Crippen LogP contribution in [0.1, 0.15) is 25.6 Å². The van der Waals surface area contributed by atoms with Gasteiger partial charge in [0.2, 0.25) is 0 Å². The number of nitro groups is 1. The number of nitrogens with zero attached hydrogens (tertiary/aromatic N) is 1. The zero-order chi connectivity index (χ0) is 14.2. The Labute approximate surface area is 113 Å². The van der Waals surface area contributed by atoms with E-state index < -0.39 is 11.0 Å². The molecule has 1 unspecified atom stereocenters. The first-order valence-electron chi connectivity index (χ1n) is 5.43. The molecular weight excluding hydrogens is 270 g/mol. The van der Waals surface area contributed by atoms with Crippen molar-refractivity contribution in [2.75, 3.05) is 0 Å². The van der Waals surface area contributed by atoms with E-state index in [0.29, 0.717) is 16.4 Å². The minimum atomic E-state index is -0.632. The minimum absolute atomic E-state index is 0.163. The molecule has 0 bridgehead atoms. The van der Waals surface area contributed by atoms with Gasteiger partial charge in [-0.05, 0) is 32.1 Å². The SMILES string of the molecule is CC(=O)C1=C(C)NC(=S)NC1c1ccc([N+](=O)[O-])o1. The van der Waals surface area contributed by atoms with Gasteiger partial charge in [0, 0.05) is 11.3 Å². The molecule has 0 fully saturated rings. The van der Waals surface area contributed by atoms with Crippen LogP contribution in [0, 0.1) is 10.1 Å². The number of Topliss-reactive ketones (excluding diaryl/α,β-unsaturated/α-hetero) is 1. The lowest BCUT2D eigenvalue weighted by Crippen LogP contribution is -2.44. The molecule has 2 N–H and O–H groups in total. The molecule has 0 saturated heterocycles. The summed E-state index contributed by atoms with van der Waals surface area (Å²) in [6, 6.07) is 2.09. The van der Waals surface area contributed by atoms with Gasteiger partial charge in [0.1, 0.15) is 16.7 Å². The molecule has 1 aromatic rings. The third kappa shape index (κ3) is 2.48. The van der Waals surface area contributed by atoms with Gasteiger partial charge in [0.15, 0.2) is 10.9 Å². The van der Waals surface area contributed by atoms with Crippen LogP contribution in [0.3, 0.4) is 0 Å². The van der Waals surface area contributed by atoms with E-state index in [-0.39, 0.29) is 17.4 Å². The lowest BCUT2D eigenvalue weighted by molar-refractivity contribution is -0.402. The maximum Gasteiger partial charge on any atom is 0.433 e. The molecule has 0 saturated carbocycles. The zero-order valence-corrected chi connectivity index (χ0v) is 11.0. The van der Waals surface area contributed by atoms with E-state index in [1.54, 1.807) is 6.92 Å². The van der Waals surface area contributed by atoms with Gasteiger partial charge in [-0.3, -0.25) is 14.9 Å². The third-order valence-corrected chi connectivity index (χ3v) is 2.95. The Morgan fingerprint density at radius 3 is 2.74 bits per heavy atom. The number of furan rings is 1. The van der Waals surface area contributed by atoms with Crippen LogP contribution in [0.5, 0.6) is 0 Å². The summed E-state index contributed by atoms with van der Waals surface area (Å²) in [6.45, 7) is 3.13. The van der Waals surface area contributed by atoms with E-state index in [1.807, 2.05) is 0 Å². The second-order valence-corrected chi connectivity index (χ2v) is 4.47. The quantitative estimate of drug-likeness (QED) is 0.493. The highest BCUT2D eigenvalue weighted by Crippen LogP contribution is 2.30. The van der Waals surface area contributed by atoms with Crippen LogP contribution in [-0.2, 0) is 4.79 Å². The Morgan fingerprint density at radius 2 is 2.21 bits per heavy atom. The van der Waals surface area contributed by atoms with Gasteiger partial charge in [0.05, 0.1) is 6.07 Å². The van der Waals surface area contributed by atoms with Crippen LogP contribution in [0.4, 0.5) is 5.88 Å². The molecule has 19 heavy (non-hydrogen) atoms. The summed E-state index contributed by atoms with van der Waals surface area (Å²) in [6.07, 6.45) is 0. The zero-order valence-electron chi connectivity index (χ0n) is 10.2. The molecular formula is C11H11N3O4S. The monoisotopic (exact) mass is 281 g/mol. The van der Waals surface area contributed by atoms with Gasteiger partial charge >= 0.3 is 5.88 Å². The van der Waals surface area contributed by atoms with Crippen LogP contribution in [0.15, 0.2) is 27.8 Å². The first-order valence-corrected chi connectivity index (χ1v) is 5.84. The molecule has 1 atom stereocenters. The molecule has 2 heterocycles. The van der Waals surface area contributed by atoms with Crippen LogP contribution in [-0.4, -0.2) is 15.8 Å². The first kappa shape index (κ1) is 13.2. The van der Waals surface area contributed by atoms with Crippen molar-refractivity contribution in [2.24, 2.45) is 0 Å². The van der Waals surface area contributed by atoms with Crippen LogP contribution in [0.25, 0.3) is 0 Å². The highest BCUT2D eigenvalue weighted by molar-refractivity contribution is 7.80. The summed E-state index contributed by atoms with van der Waals surface area (Å²) in [4.78, 5) is 21.7. The molecule has 1 aromatic heterocycles. The van der Waals surface area contributed by atoms with Crippen molar-refractivity contribution in [3.63, 3.8) is 0 Å². The average Bonchev–Trinajstić information content (AvgIpc) is 2.76. The number of carbonyl (C=O) groups is 1. The Balaban J connectivity index is 2.45. The molecule has 0 radical (unpaired) electrons. The molecule has 0 aliphatic carbocycles. The van der Waals surface area contributed by atoms with Crippen molar-refractivity contribution in [1.29, 1.82) is 0 Å². The summed E-state index contributed by atoms with van der Waals surface area (Å²) in [7, 11) is 0. The highest BCUT2D eigenvalue weighted by atomic mass is 32.1. The van der Waals surface area contributed by atoms with E-state index in [0.717, 1.165) is 0 Å². The van der Waals surface area contributed by atoms with Gasteiger partial charge in [-0.25, -0.2) is 0 Å². The van der Waals surface area contributed by atoms with Gasteiger partial charge in [0.25, 0.3) is 0 Å². The van der Waals surface area contributed by atoms with E-state index in [1.165, 1.54) is 19.1 Å². The fourth-order valence-electron chi connectivity index (χ4n) is 1.97. The van der Waals surface area contributed by atoms with Crippen LogP contribution < -0.4 is 10.6 Å². The van der Waals surface area contributed by atoms with E-state index >= 15 is 0 Å². The Morgan fingerprint density at radius 1 is 1.53 bits per heavy atom. The number of thiocarbonyl (C=S) groups is 1. The molecule has 2 rings (SSSR count). The first-order chi connectivity index (χ1) is 8.90. The fraction of sp³-hybridized carbons (Fsp3) is 0.273. The maximum absolute atomic E-state index is 11.7. The number of allylic oxidation sites excluding steroid dienone is 1. The number of rotatable bonds is 3. The number of hydrogen-bond acceptors (Lipinski definition) is 5. The smallest absolute Gasteiger partial charge is 0.403 e. The summed E-state index contributed by atoms with van der Waals surface area (Å²) in [5.74, 6) is -0.258. The number of hydrogen-bond donors (Lipinski definition) is 2. The maximum atomic E-state index is 11.7. The summed E-state index contributed by atoms with van der Waals surface area (Å²) < 4.78 is 5.13. The Bertz CT molecular complexity index is 605. The van der Waals surface area contributed by atoms with E-state index in [2.05, 4.69) is 10.6 Å². The molecule has 8 heteroatoms. The molecule has 0 spiro atoms. The third-order valence-electron chi connectivity index (χ3n) is 2.73. The fourth-order valence-corrected chi connectivity index (χ4v) is 2.24. The van der Waals surface area contributed by atoms with Gasteiger partial charge in [-0.2, -0.15) is 0 Å². The van der Waals surface area contributed by atoms with Gasteiger partial charge in [-0.1, -0.05) is 0 Å². The molecule has 1 aliphatic rings.